The van der Waals surface area contributed by atoms with Gasteiger partial charge in [0.15, 0.2) is 0 Å². The highest BCUT2D eigenvalue weighted by atomic mass is 16.2. The van der Waals surface area contributed by atoms with Gasteiger partial charge in [-0.25, -0.2) is 4.98 Å². The van der Waals surface area contributed by atoms with E-state index in [0.29, 0.717) is 12.4 Å². The van der Waals surface area contributed by atoms with Crippen LogP contribution < -0.4 is 11.1 Å². The van der Waals surface area contributed by atoms with Crippen molar-refractivity contribution < 1.29 is 9.59 Å². The summed E-state index contributed by atoms with van der Waals surface area (Å²) < 4.78 is 0. The van der Waals surface area contributed by atoms with E-state index in [2.05, 4.69) is 10.3 Å². The number of nitrogens with two attached hydrogens (primary N) is 1. The predicted octanol–water partition coefficient (Wildman–Crippen LogP) is 0.0707. The number of carbonyl (C=O) groups excluding carboxylic acids is 2. The average molecular weight is 236 g/mol. The highest BCUT2D eigenvalue weighted by Crippen LogP contribution is 2.09. The van der Waals surface area contributed by atoms with Gasteiger partial charge in [-0.3, -0.25) is 9.59 Å². The first-order valence-electron chi connectivity index (χ1n) is 5.29. The van der Waals surface area contributed by atoms with Crippen LogP contribution >= 0.6 is 0 Å². The third kappa shape index (κ3) is 3.44. The van der Waals surface area contributed by atoms with Crippen molar-refractivity contribution in [3.63, 3.8) is 0 Å². The van der Waals surface area contributed by atoms with Gasteiger partial charge in [0.25, 0.3) is 5.91 Å². The molecule has 6 nitrogen and oxygen atoms in total. The van der Waals surface area contributed by atoms with Gasteiger partial charge in [-0.1, -0.05) is 0 Å². The van der Waals surface area contributed by atoms with E-state index < -0.39 is 5.91 Å². The fourth-order valence-corrected chi connectivity index (χ4v) is 1.22. The second kappa shape index (κ2) is 5.83. The highest BCUT2D eigenvalue weighted by Gasteiger charge is 2.11. The van der Waals surface area contributed by atoms with E-state index in [1.165, 1.54) is 6.20 Å². The standard InChI is InChI=1S/C11H16N4O2/c1-3-15(2)9(16)7-14-11-8(10(12)17)5-4-6-13-11/h4-6H,3,7H2,1-2H3,(H2,12,17)(H,13,14). The number of primary amides is 1. The second-order valence-corrected chi connectivity index (χ2v) is 3.53. The Labute approximate surface area is 99.8 Å². The van der Waals surface area contributed by atoms with E-state index >= 15 is 0 Å². The zero-order valence-electron chi connectivity index (χ0n) is 9.93. The first-order valence-corrected chi connectivity index (χ1v) is 5.29. The van der Waals surface area contributed by atoms with Crippen LogP contribution in [0, 0.1) is 0 Å². The maximum atomic E-state index is 11.5. The lowest BCUT2D eigenvalue weighted by Crippen LogP contribution is -2.32. The molecule has 1 rings (SSSR count). The minimum atomic E-state index is -0.572. The Morgan fingerprint density at radius 1 is 1.53 bits per heavy atom. The summed E-state index contributed by atoms with van der Waals surface area (Å²) in [5.74, 6) is -0.316. The summed E-state index contributed by atoms with van der Waals surface area (Å²) in [6.07, 6.45) is 1.53. The van der Waals surface area contributed by atoms with Crippen molar-refractivity contribution in [1.29, 1.82) is 0 Å². The lowest BCUT2D eigenvalue weighted by Gasteiger charge is -2.15. The summed E-state index contributed by atoms with van der Waals surface area (Å²) in [5, 5.41) is 2.81. The van der Waals surface area contributed by atoms with Gasteiger partial charge in [-0.2, -0.15) is 0 Å². The topological polar surface area (TPSA) is 88.3 Å². The quantitative estimate of drug-likeness (QED) is 0.757. The van der Waals surface area contributed by atoms with Crippen LogP contribution in [0.15, 0.2) is 18.3 Å². The highest BCUT2D eigenvalue weighted by molar-refractivity contribution is 5.97. The Morgan fingerprint density at radius 2 is 2.24 bits per heavy atom. The number of nitrogens with one attached hydrogen (secondary N) is 1. The van der Waals surface area contributed by atoms with Crippen LogP contribution in [-0.2, 0) is 4.79 Å². The van der Waals surface area contributed by atoms with Gasteiger partial charge in [-0.05, 0) is 19.1 Å². The molecule has 0 radical (unpaired) electrons. The molecule has 1 aromatic rings. The lowest BCUT2D eigenvalue weighted by molar-refractivity contribution is -0.127. The summed E-state index contributed by atoms with van der Waals surface area (Å²) >= 11 is 0. The number of rotatable bonds is 5. The number of nitrogens with zero attached hydrogens (tertiary/aromatic N) is 2. The molecule has 1 aromatic heterocycles. The maximum Gasteiger partial charge on any atom is 0.252 e. The van der Waals surface area contributed by atoms with Crippen LogP contribution in [-0.4, -0.2) is 41.8 Å². The molecule has 0 saturated carbocycles. The largest absolute Gasteiger partial charge is 0.365 e. The average Bonchev–Trinajstić information content (AvgIpc) is 2.35. The molecular formula is C11H16N4O2. The fraction of sp³-hybridized carbons (Fsp3) is 0.364. The predicted molar refractivity (Wildman–Crippen MR) is 64.6 cm³/mol. The molecule has 0 aromatic carbocycles. The molecule has 6 heteroatoms. The van der Waals surface area contributed by atoms with Crippen LogP contribution in [0.3, 0.4) is 0 Å². The zero-order chi connectivity index (χ0) is 12.8. The molecule has 0 saturated heterocycles. The van der Waals surface area contributed by atoms with E-state index in [1.54, 1.807) is 24.1 Å². The molecule has 92 valence electrons. The van der Waals surface area contributed by atoms with Gasteiger partial charge in [0.05, 0.1) is 12.1 Å². The molecule has 17 heavy (non-hydrogen) atoms. The number of pyridine rings is 1. The molecule has 0 aliphatic rings. The summed E-state index contributed by atoms with van der Waals surface area (Å²) in [4.78, 5) is 28.2. The minimum Gasteiger partial charge on any atom is -0.365 e. The Hall–Kier alpha value is -2.11. The summed E-state index contributed by atoms with van der Waals surface area (Å²) in [6, 6.07) is 3.18. The summed E-state index contributed by atoms with van der Waals surface area (Å²) in [5.41, 5.74) is 5.47. The smallest absolute Gasteiger partial charge is 0.252 e. The van der Waals surface area contributed by atoms with Crippen molar-refractivity contribution in [2.24, 2.45) is 5.73 Å². The fourth-order valence-electron chi connectivity index (χ4n) is 1.22. The van der Waals surface area contributed by atoms with Crippen LogP contribution in [0.5, 0.6) is 0 Å². The summed E-state index contributed by atoms with van der Waals surface area (Å²) in [7, 11) is 1.71. The number of amides is 2. The SMILES string of the molecule is CCN(C)C(=O)CNc1ncccc1C(N)=O. The molecule has 0 bridgehead atoms. The molecule has 0 atom stereocenters. The molecule has 0 unspecified atom stereocenters. The first kappa shape index (κ1) is 13.0. The van der Waals surface area contributed by atoms with Gasteiger partial charge >= 0.3 is 0 Å². The molecule has 1 heterocycles. The zero-order valence-corrected chi connectivity index (χ0v) is 9.93. The molecule has 0 spiro atoms. The van der Waals surface area contributed by atoms with E-state index in [0.717, 1.165) is 0 Å². The van der Waals surface area contributed by atoms with E-state index in [4.69, 9.17) is 5.73 Å². The molecule has 0 aliphatic heterocycles. The Kier molecular flexibility index (Phi) is 4.45. The van der Waals surface area contributed by atoms with Crippen LogP contribution in [0.2, 0.25) is 0 Å². The van der Waals surface area contributed by atoms with Gasteiger partial charge in [0.1, 0.15) is 5.82 Å². The van der Waals surface area contributed by atoms with Gasteiger partial charge in [0, 0.05) is 19.8 Å². The molecule has 0 fully saturated rings. The van der Waals surface area contributed by atoms with Crippen LogP contribution in [0.1, 0.15) is 17.3 Å². The number of aromatic nitrogens is 1. The van der Waals surface area contributed by atoms with Crippen molar-refractivity contribution in [3.05, 3.63) is 23.9 Å². The van der Waals surface area contributed by atoms with Gasteiger partial charge in [0.2, 0.25) is 5.91 Å². The normalized spacial score (nSPS) is 9.76. The van der Waals surface area contributed by atoms with E-state index in [9.17, 15) is 9.59 Å². The van der Waals surface area contributed by atoms with Crippen molar-refractivity contribution in [1.82, 2.24) is 9.88 Å². The van der Waals surface area contributed by atoms with E-state index in [1.807, 2.05) is 6.92 Å². The number of anilines is 1. The maximum absolute atomic E-state index is 11.5. The second-order valence-electron chi connectivity index (χ2n) is 3.53. The van der Waals surface area contributed by atoms with Crippen LogP contribution in [0.25, 0.3) is 0 Å². The molecular weight excluding hydrogens is 220 g/mol. The third-order valence-corrected chi connectivity index (χ3v) is 2.38. The Bertz CT molecular complexity index is 420. The Morgan fingerprint density at radius 3 is 2.82 bits per heavy atom. The summed E-state index contributed by atoms with van der Waals surface area (Å²) in [6.45, 7) is 2.60. The number of likely N-dealkylation sites (N-methyl/N-ethyl adjacent to an activating group) is 1. The third-order valence-electron chi connectivity index (χ3n) is 2.38. The van der Waals surface area contributed by atoms with Gasteiger partial charge in [-0.15, -0.1) is 0 Å². The van der Waals surface area contributed by atoms with E-state index in [-0.39, 0.29) is 18.0 Å². The molecule has 0 aliphatic carbocycles. The van der Waals surface area contributed by atoms with Gasteiger partial charge < -0.3 is 16.0 Å². The van der Waals surface area contributed by atoms with Crippen molar-refractivity contribution in [2.75, 3.05) is 25.5 Å². The number of hydrogen-bond donors (Lipinski definition) is 2. The van der Waals surface area contributed by atoms with Crippen molar-refractivity contribution in [2.45, 2.75) is 6.92 Å². The molecule has 3 N–H and O–H groups in total. The monoisotopic (exact) mass is 236 g/mol. The number of carbonyl (C=O) groups is 2. The van der Waals surface area contributed by atoms with Crippen molar-refractivity contribution in [3.8, 4) is 0 Å². The lowest BCUT2D eigenvalue weighted by atomic mass is 10.2. The van der Waals surface area contributed by atoms with Crippen molar-refractivity contribution >= 4 is 17.6 Å². The van der Waals surface area contributed by atoms with Crippen LogP contribution in [0.4, 0.5) is 5.82 Å². The Balaban J connectivity index is 2.69. The minimum absolute atomic E-state index is 0.0754. The number of hydrogen-bond acceptors (Lipinski definition) is 4. The molecule has 2 amide bonds. The first-order chi connectivity index (χ1) is 8.06.